The standard InChI is InChI=1S/C20H23ClN2O3/c1-14-18(25-2)12-15(13-19(14)26-3)20(24)23-10-8-22(9-11-23)17-7-5-4-6-16(17)21/h4-7,12-13H,8-11H2,1-3H3. The lowest BCUT2D eigenvalue weighted by molar-refractivity contribution is 0.0746. The van der Waals surface area contributed by atoms with Crippen LogP contribution in [0, 0.1) is 6.92 Å². The van der Waals surface area contributed by atoms with Gasteiger partial charge in [-0.1, -0.05) is 23.7 Å². The van der Waals surface area contributed by atoms with E-state index in [1.54, 1.807) is 26.4 Å². The molecule has 1 aliphatic heterocycles. The third-order valence-electron chi connectivity index (χ3n) is 4.76. The number of para-hydroxylation sites is 1. The van der Waals surface area contributed by atoms with Crippen LogP contribution in [0.1, 0.15) is 15.9 Å². The van der Waals surface area contributed by atoms with Crippen molar-refractivity contribution in [2.24, 2.45) is 0 Å². The Kier molecular flexibility index (Phi) is 5.57. The Bertz CT molecular complexity index is 776. The topological polar surface area (TPSA) is 42.0 Å². The summed E-state index contributed by atoms with van der Waals surface area (Å²) in [6.07, 6.45) is 0. The van der Waals surface area contributed by atoms with Gasteiger partial charge in [0.05, 0.1) is 24.9 Å². The van der Waals surface area contributed by atoms with Gasteiger partial charge in [-0.15, -0.1) is 0 Å². The number of methoxy groups -OCH3 is 2. The van der Waals surface area contributed by atoms with Crippen LogP contribution in [-0.4, -0.2) is 51.2 Å². The molecular weight excluding hydrogens is 352 g/mol. The first kappa shape index (κ1) is 18.4. The number of nitrogens with zero attached hydrogens (tertiary/aromatic N) is 2. The number of rotatable bonds is 4. The van der Waals surface area contributed by atoms with Crippen LogP contribution in [0.2, 0.25) is 5.02 Å². The molecule has 1 heterocycles. The molecule has 1 fully saturated rings. The van der Waals surface area contributed by atoms with Crippen molar-refractivity contribution in [2.75, 3.05) is 45.3 Å². The van der Waals surface area contributed by atoms with Crippen LogP contribution in [0.4, 0.5) is 5.69 Å². The molecule has 6 heteroatoms. The minimum absolute atomic E-state index is 0.0135. The van der Waals surface area contributed by atoms with Gasteiger partial charge in [-0.25, -0.2) is 0 Å². The molecule has 2 aromatic carbocycles. The Morgan fingerprint density at radius 2 is 1.58 bits per heavy atom. The van der Waals surface area contributed by atoms with Crippen molar-refractivity contribution in [1.29, 1.82) is 0 Å². The SMILES string of the molecule is COc1cc(C(=O)N2CCN(c3ccccc3Cl)CC2)cc(OC)c1C. The zero-order chi connectivity index (χ0) is 18.7. The van der Waals surface area contributed by atoms with Gasteiger partial charge in [0, 0.05) is 37.3 Å². The van der Waals surface area contributed by atoms with Gasteiger partial charge in [-0.2, -0.15) is 0 Å². The third kappa shape index (κ3) is 3.58. The number of amides is 1. The lowest BCUT2D eigenvalue weighted by Gasteiger charge is -2.36. The zero-order valence-electron chi connectivity index (χ0n) is 15.3. The maximum absolute atomic E-state index is 12.9. The number of carbonyl (C=O) groups is 1. The summed E-state index contributed by atoms with van der Waals surface area (Å²) in [6.45, 7) is 4.69. The largest absolute Gasteiger partial charge is 0.496 e. The number of piperazine rings is 1. The lowest BCUT2D eigenvalue weighted by atomic mass is 10.1. The molecule has 1 aliphatic rings. The second-order valence-corrected chi connectivity index (χ2v) is 6.64. The quantitative estimate of drug-likeness (QED) is 0.819. The van der Waals surface area contributed by atoms with E-state index in [0.717, 1.165) is 29.4 Å². The van der Waals surface area contributed by atoms with Crippen molar-refractivity contribution in [2.45, 2.75) is 6.92 Å². The van der Waals surface area contributed by atoms with Crippen LogP contribution in [0.25, 0.3) is 0 Å². The molecule has 0 radical (unpaired) electrons. The Morgan fingerprint density at radius 3 is 2.12 bits per heavy atom. The number of anilines is 1. The molecule has 0 aromatic heterocycles. The Balaban J connectivity index is 1.74. The van der Waals surface area contributed by atoms with E-state index < -0.39 is 0 Å². The van der Waals surface area contributed by atoms with Crippen molar-refractivity contribution >= 4 is 23.2 Å². The van der Waals surface area contributed by atoms with E-state index in [0.29, 0.717) is 30.2 Å². The average Bonchev–Trinajstić information content (AvgIpc) is 2.68. The van der Waals surface area contributed by atoms with Crippen LogP contribution < -0.4 is 14.4 Å². The molecule has 1 saturated heterocycles. The number of hydrogen-bond acceptors (Lipinski definition) is 4. The van der Waals surface area contributed by atoms with E-state index in [9.17, 15) is 4.79 Å². The minimum atomic E-state index is -0.0135. The van der Waals surface area contributed by atoms with Gasteiger partial charge in [-0.05, 0) is 31.2 Å². The molecular formula is C20H23ClN2O3. The van der Waals surface area contributed by atoms with Crippen molar-refractivity contribution in [3.05, 3.63) is 52.5 Å². The van der Waals surface area contributed by atoms with Crippen LogP contribution in [0.3, 0.4) is 0 Å². The third-order valence-corrected chi connectivity index (χ3v) is 5.08. The molecule has 3 rings (SSSR count). The summed E-state index contributed by atoms with van der Waals surface area (Å²) in [6, 6.07) is 11.4. The lowest BCUT2D eigenvalue weighted by Crippen LogP contribution is -2.48. The van der Waals surface area contributed by atoms with Crippen LogP contribution in [0.5, 0.6) is 11.5 Å². The highest BCUT2D eigenvalue weighted by Gasteiger charge is 2.24. The fourth-order valence-electron chi connectivity index (χ4n) is 3.25. The molecule has 1 amide bonds. The maximum Gasteiger partial charge on any atom is 0.254 e. The molecule has 0 aliphatic carbocycles. The fourth-order valence-corrected chi connectivity index (χ4v) is 3.51. The first-order valence-electron chi connectivity index (χ1n) is 8.56. The van der Waals surface area contributed by atoms with Crippen molar-refractivity contribution in [1.82, 2.24) is 4.90 Å². The van der Waals surface area contributed by atoms with Crippen LogP contribution >= 0.6 is 11.6 Å². The molecule has 138 valence electrons. The number of halogens is 1. The molecule has 0 atom stereocenters. The monoisotopic (exact) mass is 374 g/mol. The van der Waals surface area contributed by atoms with Gasteiger partial charge in [0.2, 0.25) is 0 Å². The molecule has 0 saturated carbocycles. The summed E-state index contributed by atoms with van der Waals surface area (Å²) in [5, 5.41) is 0.736. The summed E-state index contributed by atoms with van der Waals surface area (Å²) in [5.74, 6) is 1.30. The van der Waals surface area contributed by atoms with Gasteiger partial charge in [0.1, 0.15) is 11.5 Å². The van der Waals surface area contributed by atoms with Crippen LogP contribution in [-0.2, 0) is 0 Å². The van der Waals surface area contributed by atoms with E-state index in [1.165, 1.54) is 0 Å². The Morgan fingerprint density at radius 1 is 1.00 bits per heavy atom. The summed E-state index contributed by atoms with van der Waals surface area (Å²) >= 11 is 6.28. The summed E-state index contributed by atoms with van der Waals surface area (Å²) < 4.78 is 10.8. The van der Waals surface area contributed by atoms with Gasteiger partial charge in [-0.3, -0.25) is 4.79 Å². The molecule has 0 unspecified atom stereocenters. The van der Waals surface area contributed by atoms with Gasteiger partial charge >= 0.3 is 0 Å². The average molecular weight is 375 g/mol. The number of benzene rings is 2. The molecule has 0 spiro atoms. The van der Waals surface area contributed by atoms with Crippen LogP contribution in [0.15, 0.2) is 36.4 Å². The summed E-state index contributed by atoms with van der Waals surface area (Å²) in [7, 11) is 3.19. The zero-order valence-corrected chi connectivity index (χ0v) is 16.0. The van der Waals surface area contributed by atoms with Gasteiger partial charge < -0.3 is 19.3 Å². The number of carbonyl (C=O) groups excluding carboxylic acids is 1. The normalized spacial score (nSPS) is 14.3. The molecule has 26 heavy (non-hydrogen) atoms. The maximum atomic E-state index is 12.9. The second-order valence-electron chi connectivity index (χ2n) is 6.24. The van der Waals surface area contributed by atoms with Crippen molar-refractivity contribution in [3.8, 4) is 11.5 Å². The fraction of sp³-hybridized carbons (Fsp3) is 0.350. The van der Waals surface area contributed by atoms with E-state index in [1.807, 2.05) is 36.1 Å². The first-order valence-corrected chi connectivity index (χ1v) is 8.94. The van der Waals surface area contributed by atoms with E-state index in [2.05, 4.69) is 4.90 Å². The number of ether oxygens (including phenoxy) is 2. The Labute approximate surface area is 159 Å². The Hall–Kier alpha value is -2.40. The van der Waals surface area contributed by atoms with Gasteiger partial charge in [0.25, 0.3) is 5.91 Å². The van der Waals surface area contributed by atoms with Crippen molar-refractivity contribution < 1.29 is 14.3 Å². The highest BCUT2D eigenvalue weighted by atomic mass is 35.5. The van der Waals surface area contributed by atoms with E-state index in [-0.39, 0.29) is 5.91 Å². The number of hydrogen-bond donors (Lipinski definition) is 0. The van der Waals surface area contributed by atoms with Gasteiger partial charge in [0.15, 0.2) is 0 Å². The predicted octanol–water partition coefficient (Wildman–Crippen LogP) is 3.63. The smallest absolute Gasteiger partial charge is 0.254 e. The highest BCUT2D eigenvalue weighted by molar-refractivity contribution is 6.33. The highest BCUT2D eigenvalue weighted by Crippen LogP contribution is 2.31. The second kappa shape index (κ2) is 7.87. The predicted molar refractivity (Wildman–Crippen MR) is 104 cm³/mol. The first-order chi connectivity index (χ1) is 12.5. The molecule has 0 N–H and O–H groups in total. The molecule has 5 nitrogen and oxygen atoms in total. The minimum Gasteiger partial charge on any atom is -0.496 e. The van der Waals surface area contributed by atoms with E-state index >= 15 is 0 Å². The summed E-state index contributed by atoms with van der Waals surface area (Å²) in [5.41, 5.74) is 2.48. The van der Waals surface area contributed by atoms with Crippen molar-refractivity contribution in [3.63, 3.8) is 0 Å². The molecule has 2 aromatic rings. The van der Waals surface area contributed by atoms with E-state index in [4.69, 9.17) is 21.1 Å². The molecule has 0 bridgehead atoms. The summed E-state index contributed by atoms with van der Waals surface area (Å²) in [4.78, 5) is 17.0.